The average molecular weight is 335 g/mol. The van der Waals surface area contributed by atoms with Crippen LogP contribution in [0.25, 0.3) is 16.8 Å². The molecule has 0 radical (unpaired) electrons. The summed E-state index contributed by atoms with van der Waals surface area (Å²) in [6.07, 6.45) is 4.30. The first-order valence-corrected chi connectivity index (χ1v) is 8.94. The molecule has 23 heavy (non-hydrogen) atoms. The zero-order chi connectivity index (χ0) is 16.2. The third-order valence-electron chi connectivity index (χ3n) is 4.59. The van der Waals surface area contributed by atoms with Gasteiger partial charge in [0, 0.05) is 25.2 Å². The van der Waals surface area contributed by atoms with Crippen LogP contribution in [0.1, 0.15) is 25.1 Å². The van der Waals surface area contributed by atoms with E-state index in [1.165, 1.54) is 4.31 Å². The minimum Gasteiger partial charge on any atom is -0.345 e. The number of aromatic amines is 1. The van der Waals surface area contributed by atoms with Crippen molar-refractivity contribution in [2.75, 3.05) is 13.1 Å². The molecule has 10 heteroatoms. The number of hydrogen-bond acceptors (Lipinski definition) is 5. The van der Waals surface area contributed by atoms with Crippen molar-refractivity contribution in [3.63, 3.8) is 0 Å². The zero-order valence-electron chi connectivity index (χ0n) is 12.5. The molecule has 3 aromatic heterocycles. The fourth-order valence-electron chi connectivity index (χ4n) is 3.38. The molecule has 0 unspecified atom stereocenters. The van der Waals surface area contributed by atoms with Crippen LogP contribution in [0.5, 0.6) is 0 Å². The van der Waals surface area contributed by atoms with Gasteiger partial charge in [-0.1, -0.05) is 13.3 Å². The van der Waals surface area contributed by atoms with Crippen LogP contribution in [0.15, 0.2) is 18.5 Å². The summed E-state index contributed by atoms with van der Waals surface area (Å²) >= 11 is 0. The Kier molecular flexibility index (Phi) is 3.15. The first kappa shape index (κ1) is 14.5. The summed E-state index contributed by atoms with van der Waals surface area (Å²) in [7, 11) is -3.70. The summed E-state index contributed by atoms with van der Waals surface area (Å²) in [5.41, 5.74) is 2.27. The van der Waals surface area contributed by atoms with E-state index in [9.17, 15) is 8.42 Å². The number of hydrogen-bond donors (Lipinski definition) is 2. The van der Waals surface area contributed by atoms with Crippen LogP contribution in [0, 0.1) is 5.92 Å². The van der Waals surface area contributed by atoms with Crippen molar-refractivity contribution >= 4 is 27.0 Å². The van der Waals surface area contributed by atoms with E-state index in [4.69, 9.17) is 5.14 Å². The molecular weight excluding hydrogens is 318 g/mol. The zero-order valence-corrected chi connectivity index (χ0v) is 13.4. The van der Waals surface area contributed by atoms with Crippen LogP contribution in [-0.2, 0) is 10.2 Å². The fourth-order valence-corrected chi connectivity index (χ4v) is 4.15. The van der Waals surface area contributed by atoms with E-state index in [1.807, 2.05) is 23.6 Å². The average Bonchev–Trinajstić information content (AvgIpc) is 3.21. The van der Waals surface area contributed by atoms with Gasteiger partial charge in [0.1, 0.15) is 5.82 Å². The van der Waals surface area contributed by atoms with Gasteiger partial charge in [-0.3, -0.25) is 4.40 Å². The third kappa shape index (κ3) is 2.21. The van der Waals surface area contributed by atoms with Crippen molar-refractivity contribution in [3.05, 3.63) is 24.3 Å². The fraction of sp³-hybridized carbons (Fsp3) is 0.462. The van der Waals surface area contributed by atoms with Crippen LogP contribution >= 0.6 is 0 Å². The summed E-state index contributed by atoms with van der Waals surface area (Å²) < 4.78 is 26.6. The number of fused-ring (bicyclic) bond motifs is 3. The summed E-state index contributed by atoms with van der Waals surface area (Å²) in [6, 6.07) is 1.91. The Bertz CT molecular complexity index is 977. The molecule has 0 spiro atoms. The maximum Gasteiger partial charge on any atom is 0.276 e. The van der Waals surface area contributed by atoms with Gasteiger partial charge in [0.05, 0.1) is 11.7 Å². The van der Waals surface area contributed by atoms with Crippen LogP contribution in [0.3, 0.4) is 0 Å². The molecule has 4 heterocycles. The van der Waals surface area contributed by atoms with Crippen molar-refractivity contribution in [3.8, 4) is 0 Å². The highest BCUT2D eigenvalue weighted by Gasteiger charge is 2.39. The number of rotatable bonds is 3. The second-order valence-electron chi connectivity index (χ2n) is 5.86. The van der Waals surface area contributed by atoms with Gasteiger partial charge in [-0.25, -0.2) is 10.1 Å². The van der Waals surface area contributed by atoms with E-state index < -0.39 is 10.2 Å². The molecule has 0 aliphatic carbocycles. The molecule has 3 aromatic rings. The predicted molar refractivity (Wildman–Crippen MR) is 83.8 cm³/mol. The van der Waals surface area contributed by atoms with Gasteiger partial charge in [0.15, 0.2) is 11.3 Å². The van der Waals surface area contributed by atoms with Gasteiger partial charge in [0.2, 0.25) is 0 Å². The maximum absolute atomic E-state index is 11.7. The molecule has 4 rings (SSSR count). The van der Waals surface area contributed by atoms with Crippen molar-refractivity contribution < 1.29 is 8.42 Å². The topological polar surface area (TPSA) is 122 Å². The van der Waals surface area contributed by atoms with E-state index in [0.717, 1.165) is 23.4 Å². The second-order valence-corrected chi connectivity index (χ2v) is 7.40. The van der Waals surface area contributed by atoms with Crippen LogP contribution < -0.4 is 5.14 Å². The highest BCUT2D eigenvalue weighted by molar-refractivity contribution is 7.86. The van der Waals surface area contributed by atoms with Gasteiger partial charge in [-0.15, -0.1) is 10.2 Å². The predicted octanol–water partition coefficient (Wildman–Crippen LogP) is 0.235. The van der Waals surface area contributed by atoms with Crippen molar-refractivity contribution in [2.45, 2.75) is 19.3 Å². The molecule has 1 aliphatic heterocycles. The van der Waals surface area contributed by atoms with Gasteiger partial charge in [-0.05, 0) is 12.0 Å². The monoisotopic (exact) mass is 335 g/mol. The molecule has 0 bridgehead atoms. The standard InChI is InChI=1S/C13H17N7O2S/c1-2-8-6-19(23(14,21)22)7-9(8)13-18-17-11-5-16-12-10(20(11)13)3-4-15-12/h3-5,8-9,15H,2,6-7H2,1H3,(H2,14,21,22)/t8-,9+/m0/s1. The molecule has 0 aromatic carbocycles. The van der Waals surface area contributed by atoms with Gasteiger partial charge in [-0.2, -0.15) is 12.7 Å². The van der Waals surface area contributed by atoms with Crippen LogP contribution in [-0.4, -0.2) is 50.4 Å². The number of nitrogens with two attached hydrogens (primary N) is 1. The Balaban J connectivity index is 1.86. The first-order valence-electron chi connectivity index (χ1n) is 7.44. The Morgan fingerprint density at radius 2 is 2.22 bits per heavy atom. The lowest BCUT2D eigenvalue weighted by Crippen LogP contribution is -2.35. The van der Waals surface area contributed by atoms with E-state index in [2.05, 4.69) is 20.2 Å². The summed E-state index contributed by atoms with van der Waals surface area (Å²) in [5, 5.41) is 13.8. The lowest BCUT2D eigenvalue weighted by atomic mass is 9.93. The summed E-state index contributed by atoms with van der Waals surface area (Å²) in [5.74, 6) is 0.863. The Morgan fingerprint density at radius 1 is 1.39 bits per heavy atom. The molecule has 122 valence electrons. The van der Waals surface area contributed by atoms with E-state index in [0.29, 0.717) is 18.7 Å². The van der Waals surface area contributed by atoms with Crippen LogP contribution in [0.2, 0.25) is 0 Å². The van der Waals surface area contributed by atoms with Gasteiger partial charge >= 0.3 is 0 Å². The van der Waals surface area contributed by atoms with Crippen LogP contribution in [0.4, 0.5) is 0 Å². The SMILES string of the molecule is CC[C@H]1CN(S(N)(=O)=O)C[C@H]1c1nnc2cnc3[nH]ccc3n12. The molecule has 3 N–H and O–H groups in total. The maximum atomic E-state index is 11.7. The van der Waals surface area contributed by atoms with E-state index in [1.54, 1.807) is 6.20 Å². The Labute approximate surface area is 132 Å². The highest BCUT2D eigenvalue weighted by atomic mass is 32.2. The first-order chi connectivity index (χ1) is 11.0. The smallest absolute Gasteiger partial charge is 0.276 e. The van der Waals surface area contributed by atoms with Crippen molar-refractivity contribution in [1.29, 1.82) is 0 Å². The van der Waals surface area contributed by atoms with Crippen molar-refractivity contribution in [2.24, 2.45) is 11.1 Å². The van der Waals surface area contributed by atoms with Crippen molar-refractivity contribution in [1.82, 2.24) is 28.9 Å². The number of aromatic nitrogens is 5. The minimum absolute atomic E-state index is 0.0474. The van der Waals surface area contributed by atoms with E-state index in [-0.39, 0.29) is 11.8 Å². The number of nitrogens with one attached hydrogen (secondary N) is 1. The van der Waals surface area contributed by atoms with Gasteiger partial charge < -0.3 is 4.98 Å². The molecule has 1 aliphatic rings. The summed E-state index contributed by atoms with van der Waals surface area (Å²) in [6.45, 7) is 2.78. The Hall–Kier alpha value is -2.04. The normalized spacial score (nSPS) is 23.2. The van der Waals surface area contributed by atoms with E-state index >= 15 is 0 Å². The second kappa shape index (κ2) is 4.98. The largest absolute Gasteiger partial charge is 0.345 e. The quantitative estimate of drug-likeness (QED) is 0.709. The number of H-pyrrole nitrogens is 1. The lowest BCUT2D eigenvalue weighted by molar-refractivity contribution is 0.450. The van der Waals surface area contributed by atoms with Gasteiger partial charge in [0.25, 0.3) is 10.2 Å². The third-order valence-corrected chi connectivity index (χ3v) is 5.61. The molecule has 2 atom stereocenters. The molecule has 0 amide bonds. The summed E-state index contributed by atoms with van der Waals surface area (Å²) in [4.78, 5) is 7.36. The lowest BCUT2D eigenvalue weighted by Gasteiger charge is -2.14. The molecule has 9 nitrogen and oxygen atoms in total. The molecule has 1 fully saturated rings. The highest BCUT2D eigenvalue weighted by Crippen LogP contribution is 2.35. The minimum atomic E-state index is -3.70. The molecular formula is C13H17N7O2S. The Morgan fingerprint density at radius 3 is 2.96 bits per heavy atom. The molecule has 1 saturated heterocycles. The number of nitrogens with zero attached hydrogens (tertiary/aromatic N) is 5. The molecule has 0 saturated carbocycles.